The van der Waals surface area contributed by atoms with Crippen molar-refractivity contribution in [1.29, 1.82) is 0 Å². The topological polar surface area (TPSA) is 58.6 Å². The van der Waals surface area contributed by atoms with Crippen molar-refractivity contribution in [2.45, 2.75) is 25.3 Å². The molecular weight excluding hydrogens is 336 g/mol. The van der Waals surface area contributed by atoms with Gasteiger partial charge in [0.25, 0.3) is 0 Å². The molecule has 1 saturated carbocycles. The number of benzene rings is 1. The minimum absolute atomic E-state index is 0.0419. The molecule has 5 nitrogen and oxygen atoms in total. The fourth-order valence-corrected chi connectivity index (χ4v) is 3.01. The molecule has 1 aliphatic heterocycles. The number of carbonyl (C=O) groups is 2. The number of carbonyl (C=O) groups excluding carboxylic acids is 2. The van der Waals surface area contributed by atoms with Gasteiger partial charge in [-0.2, -0.15) is 0 Å². The van der Waals surface area contributed by atoms with E-state index in [2.05, 4.69) is 21.2 Å². The number of halogens is 1. The first-order chi connectivity index (χ1) is 10.1. The van der Waals surface area contributed by atoms with Gasteiger partial charge in [0.1, 0.15) is 11.8 Å². The first kappa shape index (κ1) is 14.4. The van der Waals surface area contributed by atoms with Gasteiger partial charge in [-0.05, 0) is 37.0 Å². The first-order valence-corrected chi connectivity index (χ1v) is 7.83. The van der Waals surface area contributed by atoms with Crippen molar-refractivity contribution in [3.05, 3.63) is 22.7 Å². The zero-order valence-electron chi connectivity index (χ0n) is 11.8. The summed E-state index contributed by atoms with van der Waals surface area (Å²) in [5, 5.41) is 2.86. The number of hydrogen-bond donors (Lipinski definition) is 1. The average molecular weight is 353 g/mol. The Balaban J connectivity index is 1.97. The van der Waals surface area contributed by atoms with Crippen LogP contribution in [-0.2, 0) is 9.59 Å². The Morgan fingerprint density at radius 3 is 2.76 bits per heavy atom. The summed E-state index contributed by atoms with van der Waals surface area (Å²) in [6.45, 7) is 0.376. The van der Waals surface area contributed by atoms with Gasteiger partial charge < -0.3 is 15.0 Å². The van der Waals surface area contributed by atoms with E-state index in [-0.39, 0.29) is 17.7 Å². The van der Waals surface area contributed by atoms with Crippen LogP contribution in [0.2, 0.25) is 0 Å². The van der Waals surface area contributed by atoms with Crippen molar-refractivity contribution in [2.75, 3.05) is 18.6 Å². The van der Waals surface area contributed by atoms with Gasteiger partial charge in [-0.1, -0.05) is 15.9 Å². The molecule has 1 aliphatic carbocycles. The maximum atomic E-state index is 12.8. The molecule has 0 aromatic heterocycles. The molecule has 1 heterocycles. The Labute approximate surface area is 131 Å². The van der Waals surface area contributed by atoms with Crippen molar-refractivity contribution in [3.8, 4) is 5.75 Å². The summed E-state index contributed by atoms with van der Waals surface area (Å²) in [6.07, 6.45) is 2.31. The molecule has 6 heteroatoms. The highest BCUT2D eigenvalue weighted by molar-refractivity contribution is 9.10. The highest BCUT2D eigenvalue weighted by atomic mass is 79.9. The van der Waals surface area contributed by atoms with Crippen LogP contribution in [0, 0.1) is 5.92 Å². The highest BCUT2D eigenvalue weighted by Gasteiger charge is 2.41. The maximum absolute atomic E-state index is 12.8. The molecule has 2 fully saturated rings. The minimum atomic E-state index is -0.399. The van der Waals surface area contributed by atoms with Crippen LogP contribution in [0.25, 0.3) is 0 Å². The number of hydrogen-bond acceptors (Lipinski definition) is 3. The summed E-state index contributed by atoms with van der Waals surface area (Å²) in [7, 11) is 1.58. The third-order valence-corrected chi connectivity index (χ3v) is 4.43. The predicted octanol–water partition coefficient (Wildman–Crippen LogP) is 2.09. The number of anilines is 1. The number of nitrogens with zero attached hydrogens (tertiary/aromatic N) is 1. The molecule has 21 heavy (non-hydrogen) atoms. The summed E-state index contributed by atoms with van der Waals surface area (Å²) in [5.74, 6) is 0.812. The largest absolute Gasteiger partial charge is 0.495 e. The van der Waals surface area contributed by atoms with Gasteiger partial charge in [0, 0.05) is 17.4 Å². The number of nitrogens with one attached hydrogen (secondary N) is 1. The lowest BCUT2D eigenvalue weighted by molar-refractivity contribution is -0.126. The van der Waals surface area contributed by atoms with Gasteiger partial charge in [0.05, 0.1) is 12.8 Å². The predicted molar refractivity (Wildman–Crippen MR) is 82.3 cm³/mol. The highest BCUT2D eigenvalue weighted by Crippen LogP contribution is 2.37. The van der Waals surface area contributed by atoms with E-state index in [1.807, 2.05) is 18.2 Å². The normalized spacial score (nSPS) is 22.8. The monoisotopic (exact) mass is 352 g/mol. The number of methoxy groups -OCH3 is 1. The van der Waals surface area contributed by atoms with Gasteiger partial charge >= 0.3 is 0 Å². The molecule has 3 rings (SSSR count). The van der Waals surface area contributed by atoms with E-state index >= 15 is 0 Å². The summed E-state index contributed by atoms with van der Waals surface area (Å²) >= 11 is 3.42. The fourth-order valence-electron chi connectivity index (χ4n) is 2.66. The van der Waals surface area contributed by atoms with Crippen LogP contribution in [0.1, 0.15) is 19.3 Å². The van der Waals surface area contributed by atoms with Crippen LogP contribution in [0.4, 0.5) is 5.69 Å². The van der Waals surface area contributed by atoms with Gasteiger partial charge in [0.2, 0.25) is 11.8 Å². The quantitative estimate of drug-likeness (QED) is 0.905. The molecule has 1 atom stereocenters. The average Bonchev–Trinajstić information content (AvgIpc) is 3.29. The van der Waals surface area contributed by atoms with Crippen molar-refractivity contribution in [1.82, 2.24) is 5.32 Å². The Kier molecular flexibility index (Phi) is 3.89. The van der Waals surface area contributed by atoms with E-state index < -0.39 is 6.04 Å². The van der Waals surface area contributed by atoms with Crippen molar-refractivity contribution >= 4 is 33.4 Å². The molecule has 112 valence electrons. The molecule has 0 radical (unpaired) electrons. The summed E-state index contributed by atoms with van der Waals surface area (Å²) in [4.78, 5) is 26.3. The number of amides is 2. The molecule has 1 saturated heterocycles. The first-order valence-electron chi connectivity index (χ1n) is 7.04. The molecule has 1 aromatic carbocycles. The Bertz CT molecular complexity index is 586. The van der Waals surface area contributed by atoms with E-state index in [1.165, 1.54) is 0 Å². The third kappa shape index (κ3) is 2.90. The third-order valence-electron chi connectivity index (χ3n) is 3.94. The van der Waals surface area contributed by atoms with Crippen molar-refractivity contribution in [3.63, 3.8) is 0 Å². The van der Waals surface area contributed by atoms with E-state index in [4.69, 9.17) is 4.74 Å². The number of ether oxygens (including phenoxy) is 1. The van der Waals surface area contributed by atoms with Crippen LogP contribution < -0.4 is 15.0 Å². The van der Waals surface area contributed by atoms with Gasteiger partial charge in [0.15, 0.2) is 0 Å². The second kappa shape index (κ2) is 5.67. The second-order valence-electron chi connectivity index (χ2n) is 5.44. The van der Waals surface area contributed by atoms with Crippen LogP contribution in [-0.4, -0.2) is 31.5 Å². The molecule has 1 aromatic rings. The van der Waals surface area contributed by atoms with E-state index in [1.54, 1.807) is 12.0 Å². The van der Waals surface area contributed by atoms with E-state index in [0.29, 0.717) is 24.4 Å². The maximum Gasteiger partial charge on any atom is 0.249 e. The van der Waals surface area contributed by atoms with Crippen LogP contribution >= 0.6 is 15.9 Å². The molecule has 2 aliphatic rings. The zero-order valence-corrected chi connectivity index (χ0v) is 13.4. The molecule has 1 N–H and O–H groups in total. The lowest BCUT2D eigenvalue weighted by Crippen LogP contribution is -2.46. The number of rotatable bonds is 3. The molecular formula is C15H17BrN2O3. The van der Waals surface area contributed by atoms with Crippen LogP contribution in [0.3, 0.4) is 0 Å². The van der Waals surface area contributed by atoms with Crippen molar-refractivity contribution < 1.29 is 14.3 Å². The summed E-state index contributed by atoms with van der Waals surface area (Å²) < 4.78 is 6.23. The van der Waals surface area contributed by atoms with Gasteiger partial charge in [-0.15, -0.1) is 0 Å². The molecule has 2 amide bonds. The van der Waals surface area contributed by atoms with Crippen LogP contribution in [0.15, 0.2) is 22.7 Å². The minimum Gasteiger partial charge on any atom is -0.495 e. The lowest BCUT2D eigenvalue weighted by Gasteiger charge is -2.25. The van der Waals surface area contributed by atoms with Gasteiger partial charge in [-0.3, -0.25) is 9.59 Å². The smallest absolute Gasteiger partial charge is 0.249 e. The van der Waals surface area contributed by atoms with E-state index in [9.17, 15) is 9.59 Å². The van der Waals surface area contributed by atoms with E-state index in [0.717, 1.165) is 17.3 Å². The molecule has 0 spiro atoms. The summed E-state index contributed by atoms with van der Waals surface area (Å²) in [6, 6.07) is 5.14. The molecule has 0 bridgehead atoms. The standard InChI is InChI=1S/C15H17BrN2O3/c1-21-12-5-4-10(16)8-11(12)18-7-6-13(19)17-14(15(18)20)9-2-3-9/h4-5,8-9,14H,2-3,6-7H2,1H3,(H,17,19). The SMILES string of the molecule is COc1ccc(Br)cc1N1CCC(=O)NC(C2CC2)C1=O. The fraction of sp³-hybridized carbons (Fsp3) is 0.467. The van der Waals surface area contributed by atoms with Crippen LogP contribution in [0.5, 0.6) is 5.75 Å². The zero-order chi connectivity index (χ0) is 15.0. The second-order valence-corrected chi connectivity index (χ2v) is 6.35. The van der Waals surface area contributed by atoms with Gasteiger partial charge in [-0.25, -0.2) is 0 Å². The van der Waals surface area contributed by atoms with Crippen molar-refractivity contribution in [2.24, 2.45) is 5.92 Å². The lowest BCUT2D eigenvalue weighted by atomic mass is 10.1. The Morgan fingerprint density at radius 1 is 1.33 bits per heavy atom. The Morgan fingerprint density at radius 2 is 2.10 bits per heavy atom. The molecule has 1 unspecified atom stereocenters. The summed E-state index contributed by atoms with van der Waals surface area (Å²) in [5.41, 5.74) is 0.707. The Hall–Kier alpha value is -1.56.